The lowest BCUT2D eigenvalue weighted by molar-refractivity contribution is -0.0257. The summed E-state index contributed by atoms with van der Waals surface area (Å²) in [4.78, 5) is 1.99. The molecule has 0 spiro atoms. The molecule has 2 aliphatic heterocycles. The number of hydrogen-bond acceptors (Lipinski definition) is 6. The van der Waals surface area contributed by atoms with Gasteiger partial charge in [-0.1, -0.05) is 69.7 Å². The third-order valence-corrected chi connectivity index (χ3v) is 9.41. The average molecular weight is 517 g/mol. The molecule has 4 rings (SSSR count). The predicted octanol–water partition coefficient (Wildman–Crippen LogP) is 4.80. The molecule has 36 heavy (non-hydrogen) atoms. The van der Waals surface area contributed by atoms with Crippen LogP contribution in [0.25, 0.3) is 0 Å². The van der Waals surface area contributed by atoms with Crippen LogP contribution in [0.4, 0.5) is 5.69 Å². The summed E-state index contributed by atoms with van der Waals surface area (Å²) in [7, 11) is -3.61. The monoisotopic (exact) mass is 516 g/mol. The minimum atomic E-state index is -3.61. The molecule has 2 heterocycles. The minimum Gasteiger partial charge on any atom is -0.453 e. The number of nitrogens with one attached hydrogen (secondary N) is 1. The number of benzene rings is 1. The van der Waals surface area contributed by atoms with Gasteiger partial charge < -0.3 is 19.5 Å². The van der Waals surface area contributed by atoms with E-state index in [2.05, 4.69) is 11.3 Å². The van der Waals surface area contributed by atoms with E-state index in [0.717, 1.165) is 37.1 Å². The fraction of sp³-hybridized carbons (Fsp3) is 0.571. The number of allylic oxidation sites excluding steroid dienone is 3. The minimum absolute atomic E-state index is 0.132. The van der Waals surface area contributed by atoms with Crippen LogP contribution in [-0.4, -0.2) is 50.2 Å². The van der Waals surface area contributed by atoms with Gasteiger partial charge in [-0.3, -0.25) is 0 Å². The Bertz CT molecular complexity index is 1060. The number of ether oxygens (including phenoxy) is 2. The van der Waals surface area contributed by atoms with Gasteiger partial charge in [-0.25, -0.2) is 13.1 Å². The van der Waals surface area contributed by atoms with Crippen molar-refractivity contribution in [3.8, 4) is 5.75 Å². The standard InChI is InChI=1S/C28H40N2O5S/c1-3-14-23-26(4-2)35-27-18-13-12-17-24(27)30(23)25-20-34-19-22(28(25)31)29-36(32,33)21-15-10-8-6-5-7-9-11-16-21/h3-4,12-14,17-18,21-22,25,28-29,31H,1,5-11,15-16,19-20H2,2H3/b23-14?,26-4+/t22-,25+,28+/m0/s1. The fourth-order valence-electron chi connectivity index (χ4n) is 5.50. The van der Waals surface area contributed by atoms with Gasteiger partial charge in [-0.05, 0) is 44.1 Å². The van der Waals surface area contributed by atoms with Crippen molar-refractivity contribution in [3.63, 3.8) is 0 Å². The van der Waals surface area contributed by atoms with Crippen molar-refractivity contribution in [1.29, 1.82) is 0 Å². The third kappa shape index (κ3) is 6.05. The van der Waals surface area contributed by atoms with Crippen molar-refractivity contribution in [2.75, 3.05) is 18.1 Å². The molecule has 3 aliphatic rings. The topological polar surface area (TPSA) is 88.1 Å². The number of aliphatic hydroxyl groups is 1. The Kier molecular flexibility index (Phi) is 9.28. The maximum atomic E-state index is 13.5. The zero-order valence-corrected chi connectivity index (χ0v) is 22.1. The van der Waals surface area contributed by atoms with Crippen LogP contribution in [0, 0.1) is 0 Å². The van der Waals surface area contributed by atoms with Gasteiger partial charge >= 0.3 is 0 Å². The van der Waals surface area contributed by atoms with Crippen molar-refractivity contribution in [1.82, 2.24) is 4.72 Å². The van der Waals surface area contributed by atoms with Crippen LogP contribution in [0.2, 0.25) is 0 Å². The molecule has 1 aliphatic carbocycles. The van der Waals surface area contributed by atoms with Gasteiger partial charge in [0.1, 0.15) is 5.76 Å². The molecule has 198 valence electrons. The van der Waals surface area contributed by atoms with Gasteiger partial charge in [0.05, 0.1) is 48.0 Å². The van der Waals surface area contributed by atoms with Gasteiger partial charge in [-0.2, -0.15) is 0 Å². The first kappa shape index (κ1) is 26.9. The van der Waals surface area contributed by atoms with Crippen molar-refractivity contribution >= 4 is 15.7 Å². The largest absolute Gasteiger partial charge is 0.453 e. The molecule has 3 atom stereocenters. The molecular weight excluding hydrogens is 476 g/mol. The Balaban J connectivity index is 1.58. The fourth-order valence-corrected chi connectivity index (χ4v) is 7.28. The van der Waals surface area contributed by atoms with Crippen molar-refractivity contribution in [2.24, 2.45) is 0 Å². The van der Waals surface area contributed by atoms with Crippen LogP contribution < -0.4 is 14.4 Å². The molecule has 0 amide bonds. The Morgan fingerprint density at radius 2 is 1.72 bits per heavy atom. The first-order valence-corrected chi connectivity index (χ1v) is 14.8. The molecule has 1 aromatic carbocycles. The Hall–Kier alpha value is -2.13. The Labute approximate surface area is 215 Å². The highest BCUT2D eigenvalue weighted by Crippen LogP contribution is 2.42. The summed E-state index contributed by atoms with van der Waals surface area (Å²) < 4.78 is 41.8. The number of sulfonamides is 1. The summed E-state index contributed by atoms with van der Waals surface area (Å²) in [6.07, 6.45) is 13.3. The number of hydrogen-bond donors (Lipinski definition) is 2. The number of para-hydroxylation sites is 2. The van der Waals surface area contributed by atoms with Gasteiger partial charge in [0, 0.05) is 0 Å². The summed E-state index contributed by atoms with van der Waals surface area (Å²) in [5.41, 5.74) is 1.54. The van der Waals surface area contributed by atoms with Crippen LogP contribution in [0.3, 0.4) is 0 Å². The summed E-state index contributed by atoms with van der Waals surface area (Å²) >= 11 is 0. The van der Waals surface area contributed by atoms with Gasteiger partial charge in [-0.15, -0.1) is 0 Å². The van der Waals surface area contributed by atoms with Crippen molar-refractivity contribution in [2.45, 2.75) is 88.1 Å². The maximum Gasteiger partial charge on any atom is 0.214 e. The lowest BCUT2D eigenvalue weighted by atomic mass is 9.98. The molecule has 0 radical (unpaired) electrons. The van der Waals surface area contributed by atoms with E-state index in [-0.39, 0.29) is 13.2 Å². The second-order valence-electron chi connectivity index (χ2n) is 9.92. The summed E-state index contributed by atoms with van der Waals surface area (Å²) in [6.45, 7) is 6.12. The zero-order valence-electron chi connectivity index (χ0n) is 21.3. The molecular formula is C28H40N2O5S. The molecule has 0 unspecified atom stereocenters. The molecule has 8 heteroatoms. The molecule has 7 nitrogen and oxygen atoms in total. The second kappa shape index (κ2) is 12.4. The van der Waals surface area contributed by atoms with E-state index < -0.39 is 33.5 Å². The van der Waals surface area contributed by atoms with E-state index in [4.69, 9.17) is 9.47 Å². The highest BCUT2D eigenvalue weighted by Gasteiger charge is 2.43. The third-order valence-electron chi connectivity index (χ3n) is 7.43. The summed E-state index contributed by atoms with van der Waals surface area (Å²) in [6, 6.07) is 6.37. The van der Waals surface area contributed by atoms with E-state index >= 15 is 0 Å². The van der Waals surface area contributed by atoms with Crippen LogP contribution in [0.5, 0.6) is 5.75 Å². The maximum absolute atomic E-state index is 13.5. The lowest BCUT2D eigenvalue weighted by Gasteiger charge is -2.45. The molecule has 0 bridgehead atoms. The SMILES string of the molecule is C=CC=C1/C(=C\C)Oc2ccccc2N1[C@@H]1COC[C@H](NS(=O)(=O)C2CCCCCCCCC2)[C@H]1O. The summed E-state index contributed by atoms with van der Waals surface area (Å²) in [5, 5.41) is 11.1. The Morgan fingerprint density at radius 3 is 2.39 bits per heavy atom. The van der Waals surface area contributed by atoms with Crippen LogP contribution in [-0.2, 0) is 14.8 Å². The van der Waals surface area contributed by atoms with Crippen molar-refractivity contribution < 1.29 is 23.0 Å². The number of aliphatic hydroxyl groups excluding tert-OH is 1. The second-order valence-corrected chi connectivity index (χ2v) is 11.9. The van der Waals surface area contributed by atoms with Gasteiger partial charge in [0.15, 0.2) is 5.75 Å². The molecule has 2 N–H and O–H groups in total. The molecule has 0 aromatic heterocycles. The number of anilines is 1. The van der Waals surface area contributed by atoms with E-state index in [0.29, 0.717) is 24.4 Å². The van der Waals surface area contributed by atoms with Crippen LogP contribution in [0.15, 0.2) is 60.5 Å². The summed E-state index contributed by atoms with van der Waals surface area (Å²) in [5.74, 6) is 1.31. The molecule has 2 fully saturated rings. The van der Waals surface area contributed by atoms with Gasteiger partial charge in [0.25, 0.3) is 0 Å². The smallest absolute Gasteiger partial charge is 0.214 e. The Morgan fingerprint density at radius 1 is 1.06 bits per heavy atom. The quantitative estimate of drug-likeness (QED) is 0.585. The lowest BCUT2D eigenvalue weighted by Crippen LogP contribution is -2.62. The van der Waals surface area contributed by atoms with E-state index in [9.17, 15) is 13.5 Å². The van der Waals surface area contributed by atoms with E-state index in [1.54, 1.807) is 6.08 Å². The first-order chi connectivity index (χ1) is 17.5. The zero-order chi connectivity index (χ0) is 25.5. The molecule has 1 saturated carbocycles. The van der Waals surface area contributed by atoms with Gasteiger partial charge in [0.2, 0.25) is 10.0 Å². The molecule has 1 aromatic rings. The molecule has 1 saturated heterocycles. The highest BCUT2D eigenvalue weighted by molar-refractivity contribution is 7.90. The normalized spacial score (nSPS) is 28.9. The number of fused-ring (bicyclic) bond motifs is 1. The average Bonchev–Trinajstić information content (AvgIpc) is 2.88. The van der Waals surface area contributed by atoms with Crippen LogP contribution >= 0.6 is 0 Å². The predicted molar refractivity (Wildman–Crippen MR) is 143 cm³/mol. The highest BCUT2D eigenvalue weighted by atomic mass is 32.2. The van der Waals surface area contributed by atoms with Crippen molar-refractivity contribution in [3.05, 3.63) is 60.5 Å². The first-order valence-electron chi connectivity index (χ1n) is 13.3. The number of nitrogens with zero attached hydrogens (tertiary/aromatic N) is 1. The van der Waals surface area contributed by atoms with Crippen LogP contribution in [0.1, 0.15) is 64.7 Å². The number of rotatable bonds is 5. The van der Waals surface area contributed by atoms with E-state index in [1.807, 2.05) is 48.2 Å². The van der Waals surface area contributed by atoms with E-state index in [1.165, 1.54) is 19.3 Å².